The van der Waals surface area contributed by atoms with E-state index in [-0.39, 0.29) is 41.1 Å². The van der Waals surface area contributed by atoms with Gasteiger partial charge in [0.1, 0.15) is 0 Å². The van der Waals surface area contributed by atoms with Crippen LogP contribution in [0.2, 0.25) is 0 Å². The van der Waals surface area contributed by atoms with Crippen LogP contribution in [-0.2, 0) is 29.7 Å². The average molecular weight is 796 g/mol. The van der Waals surface area contributed by atoms with Crippen molar-refractivity contribution in [3.63, 3.8) is 0 Å². The fourth-order valence-electron chi connectivity index (χ4n) is 8.38. The summed E-state index contributed by atoms with van der Waals surface area (Å²) in [4.78, 5) is 0. The van der Waals surface area contributed by atoms with Gasteiger partial charge in [-0.05, 0) is 41.9 Å². The van der Waals surface area contributed by atoms with Crippen molar-refractivity contribution in [1.29, 1.82) is 0 Å². The number of hydrogen-bond acceptors (Lipinski definition) is 0. The zero-order valence-corrected chi connectivity index (χ0v) is 36.4. The third kappa shape index (κ3) is 8.75. The molecular weight excluding hydrogens is 739 g/mol. The first kappa shape index (κ1) is 43.1. The van der Waals surface area contributed by atoms with Crippen LogP contribution in [0.4, 0.5) is 0 Å². The van der Waals surface area contributed by atoms with Crippen molar-refractivity contribution in [3.05, 3.63) is 152 Å². The molecule has 0 saturated heterocycles. The SMILES string of the molecule is CCCC1=C(CCC)C(CCC)(C(C)(C)C)C(C2=CC=CC2)=C2[C-]=c3cc(C(C)(C)C)ccc3=C21.[Cl-].[Cl-].[Zr+2]=[C](c1ccccc1)c1ccccc1. The summed E-state index contributed by atoms with van der Waals surface area (Å²) in [6, 6.07) is 28.3. The van der Waals surface area contributed by atoms with Crippen LogP contribution in [0.5, 0.6) is 0 Å². The molecule has 0 N–H and O–H groups in total. The molecule has 0 heterocycles. The molecule has 1 atom stereocenters. The Morgan fingerprint density at radius 3 is 1.82 bits per heavy atom. The maximum atomic E-state index is 4.05. The summed E-state index contributed by atoms with van der Waals surface area (Å²) in [5.74, 6) is 0. The van der Waals surface area contributed by atoms with Crippen LogP contribution in [0.1, 0.15) is 124 Å². The summed E-state index contributed by atoms with van der Waals surface area (Å²) in [7, 11) is 0. The Labute approximate surface area is 337 Å². The number of hydrogen-bond donors (Lipinski definition) is 0. The second kappa shape index (κ2) is 18.1. The normalized spacial score (nSPS) is 17.8. The fraction of sp³-hybridized carbons (Fsp3) is 0.396. The third-order valence-electron chi connectivity index (χ3n) is 10.6. The molecule has 0 aliphatic heterocycles. The number of rotatable bonds is 9. The zero-order valence-electron chi connectivity index (χ0n) is 32.4. The summed E-state index contributed by atoms with van der Waals surface area (Å²) in [6.07, 6.45) is 19.2. The van der Waals surface area contributed by atoms with Crippen LogP contribution in [0, 0.1) is 10.8 Å². The van der Waals surface area contributed by atoms with Gasteiger partial charge in [-0.15, -0.1) is 33.7 Å². The predicted octanol–water partition coefficient (Wildman–Crippen LogP) is 5.54. The van der Waals surface area contributed by atoms with E-state index in [0.29, 0.717) is 0 Å². The minimum atomic E-state index is 0. The van der Waals surface area contributed by atoms with Gasteiger partial charge >= 0.3 is 99.2 Å². The molecule has 0 aromatic heterocycles. The molecule has 1 unspecified atom stereocenters. The first-order chi connectivity index (χ1) is 23.4. The zero-order chi connectivity index (χ0) is 35.4. The summed E-state index contributed by atoms with van der Waals surface area (Å²) in [5, 5.41) is 2.71. The molecule has 3 aliphatic rings. The molecule has 0 amide bonds. The van der Waals surface area contributed by atoms with E-state index in [1.807, 2.05) is 0 Å². The van der Waals surface area contributed by atoms with E-state index in [4.69, 9.17) is 0 Å². The van der Waals surface area contributed by atoms with Gasteiger partial charge in [0.05, 0.1) is 0 Å². The van der Waals surface area contributed by atoms with E-state index >= 15 is 0 Å². The Morgan fingerprint density at radius 2 is 1.35 bits per heavy atom. The van der Waals surface area contributed by atoms with Crippen molar-refractivity contribution in [2.24, 2.45) is 10.8 Å². The molecular formula is C48H57Cl2Zr-. The van der Waals surface area contributed by atoms with Gasteiger partial charge in [-0.25, -0.2) is 0 Å². The monoisotopic (exact) mass is 793 g/mol. The molecule has 3 aromatic carbocycles. The Kier molecular flexibility index (Phi) is 15.3. The summed E-state index contributed by atoms with van der Waals surface area (Å²) in [5.41, 5.74) is 13.7. The van der Waals surface area contributed by atoms with Crippen LogP contribution in [0.15, 0.2) is 125 Å². The van der Waals surface area contributed by atoms with Crippen molar-refractivity contribution < 1.29 is 49.0 Å². The second-order valence-electron chi connectivity index (χ2n) is 16.1. The van der Waals surface area contributed by atoms with Crippen molar-refractivity contribution >= 4 is 14.9 Å². The molecule has 51 heavy (non-hydrogen) atoms. The molecule has 6 rings (SSSR count). The standard InChI is InChI=1S/C35H47.C13H10.2ClH.Zr/c1-10-15-28-30(16-11-2)35(21-12-3,34(7,8)9)32(24-17-13-14-18-24)29-23-25-22-26(33(4,5)6)19-20-27(25)31(28)29;1-3-7-12(8-4-1)11-13-9-5-2-6-10-13;;;/h13-14,17,19-20,22H,10-12,15-16,18,21H2,1-9H3;1-10H;2*1H;/q-1;;;;+2/p-2. The number of benzene rings is 3. The molecule has 3 heteroatoms. The summed E-state index contributed by atoms with van der Waals surface area (Å²) >= 11 is 1.46. The van der Waals surface area contributed by atoms with Crippen LogP contribution in [-0.4, -0.2) is 3.21 Å². The van der Waals surface area contributed by atoms with E-state index in [9.17, 15) is 0 Å². The average Bonchev–Trinajstić information content (AvgIpc) is 3.74. The van der Waals surface area contributed by atoms with Crippen molar-refractivity contribution in [1.82, 2.24) is 0 Å². The minimum absolute atomic E-state index is 0. The fourth-order valence-corrected chi connectivity index (χ4v) is 9.19. The van der Waals surface area contributed by atoms with Crippen LogP contribution in [0.25, 0.3) is 11.6 Å². The Balaban J connectivity index is 0.000000368. The second-order valence-corrected chi connectivity index (χ2v) is 17.3. The Hall–Kier alpha value is -2.31. The summed E-state index contributed by atoms with van der Waals surface area (Å²) < 4.78 is 1.42. The number of fused-ring (bicyclic) bond motifs is 2. The molecule has 0 fully saturated rings. The van der Waals surface area contributed by atoms with Crippen LogP contribution in [0.3, 0.4) is 0 Å². The van der Waals surface area contributed by atoms with Gasteiger partial charge in [0.2, 0.25) is 0 Å². The Bertz CT molecular complexity index is 1880. The number of halogens is 2. The molecule has 268 valence electrons. The van der Waals surface area contributed by atoms with Gasteiger partial charge in [-0.2, -0.15) is 0 Å². The van der Waals surface area contributed by atoms with Crippen LogP contribution >= 0.6 is 0 Å². The molecule has 0 spiro atoms. The molecule has 3 aliphatic carbocycles. The molecule has 0 nitrogen and oxygen atoms in total. The molecule has 3 aromatic rings. The van der Waals surface area contributed by atoms with Gasteiger partial charge in [0, 0.05) is 0 Å². The Morgan fingerprint density at radius 1 is 0.765 bits per heavy atom. The first-order valence-corrected chi connectivity index (χ1v) is 19.9. The van der Waals surface area contributed by atoms with Crippen LogP contribution < -0.4 is 35.3 Å². The topological polar surface area (TPSA) is 0 Å². The van der Waals surface area contributed by atoms with E-state index in [2.05, 4.69) is 165 Å². The van der Waals surface area contributed by atoms with E-state index in [0.717, 1.165) is 12.8 Å². The van der Waals surface area contributed by atoms with Crippen molar-refractivity contribution in [3.8, 4) is 0 Å². The van der Waals surface area contributed by atoms with Gasteiger partial charge < -0.3 is 24.8 Å². The van der Waals surface area contributed by atoms with Gasteiger partial charge in [0.25, 0.3) is 0 Å². The molecule has 0 bridgehead atoms. The molecule has 0 radical (unpaired) electrons. The van der Waals surface area contributed by atoms with E-state index < -0.39 is 0 Å². The van der Waals surface area contributed by atoms with E-state index in [1.165, 1.54) is 103 Å². The van der Waals surface area contributed by atoms with Gasteiger partial charge in [-0.1, -0.05) is 140 Å². The third-order valence-corrected chi connectivity index (χ3v) is 12.1. The van der Waals surface area contributed by atoms with Crippen molar-refractivity contribution in [2.45, 2.75) is 113 Å². The predicted molar refractivity (Wildman–Crippen MR) is 210 cm³/mol. The molecule has 0 saturated carbocycles. The number of allylic oxidation sites excluding steroid dienone is 8. The van der Waals surface area contributed by atoms with Gasteiger partial charge in [-0.3, -0.25) is 0 Å². The van der Waals surface area contributed by atoms with Gasteiger partial charge in [0.15, 0.2) is 0 Å². The maximum absolute atomic E-state index is 4.05. The quantitative estimate of drug-likeness (QED) is 0.250. The van der Waals surface area contributed by atoms with Crippen molar-refractivity contribution in [2.75, 3.05) is 0 Å². The first-order valence-electron chi connectivity index (χ1n) is 18.7. The van der Waals surface area contributed by atoms with E-state index in [1.54, 1.807) is 16.7 Å². The summed E-state index contributed by atoms with van der Waals surface area (Å²) in [6.45, 7) is 21.5.